The van der Waals surface area contributed by atoms with E-state index in [0.717, 1.165) is 17.1 Å². The molecular formula is C12H16N4OS. The number of hydrogen-bond donors (Lipinski definition) is 2. The van der Waals surface area contributed by atoms with E-state index in [0.29, 0.717) is 12.4 Å². The lowest BCUT2D eigenvalue weighted by Crippen LogP contribution is -2.22. The molecule has 0 fully saturated rings. The number of carbonyl (C=O) groups is 1. The number of carbonyl (C=O) groups excluding carboxylic acids is 1. The molecule has 2 N–H and O–H groups in total. The SMILES string of the molecule is CCc1sc(C(=O)NCc2n[nH]c(C)n2)cc1C. The quantitative estimate of drug-likeness (QED) is 0.887. The van der Waals surface area contributed by atoms with Crippen molar-refractivity contribution in [2.24, 2.45) is 0 Å². The maximum atomic E-state index is 11.9. The molecule has 0 saturated heterocycles. The number of nitrogens with zero attached hydrogens (tertiary/aromatic N) is 2. The summed E-state index contributed by atoms with van der Waals surface area (Å²) in [5.74, 6) is 1.29. The molecule has 0 aliphatic heterocycles. The number of H-pyrrole nitrogens is 1. The number of nitrogens with one attached hydrogen (secondary N) is 2. The third-order valence-corrected chi connectivity index (χ3v) is 4.00. The van der Waals surface area contributed by atoms with E-state index in [2.05, 4.69) is 27.4 Å². The summed E-state index contributed by atoms with van der Waals surface area (Å²) in [7, 11) is 0. The van der Waals surface area contributed by atoms with Crippen molar-refractivity contribution in [2.45, 2.75) is 33.7 Å². The predicted molar refractivity (Wildman–Crippen MR) is 70.7 cm³/mol. The molecule has 0 saturated carbocycles. The molecule has 0 aliphatic carbocycles. The topological polar surface area (TPSA) is 70.7 Å². The summed E-state index contributed by atoms with van der Waals surface area (Å²) in [6, 6.07) is 1.93. The maximum absolute atomic E-state index is 11.9. The molecule has 2 heterocycles. The normalized spacial score (nSPS) is 10.6. The van der Waals surface area contributed by atoms with E-state index in [1.54, 1.807) is 11.3 Å². The highest BCUT2D eigenvalue weighted by molar-refractivity contribution is 7.14. The molecule has 1 amide bonds. The molecule has 0 aliphatic rings. The van der Waals surface area contributed by atoms with Crippen LogP contribution in [-0.4, -0.2) is 21.1 Å². The van der Waals surface area contributed by atoms with Gasteiger partial charge in [-0.15, -0.1) is 11.3 Å². The molecule has 0 atom stereocenters. The summed E-state index contributed by atoms with van der Waals surface area (Å²) in [5, 5.41) is 9.54. The van der Waals surface area contributed by atoms with Crippen LogP contribution in [0.2, 0.25) is 0 Å². The zero-order chi connectivity index (χ0) is 13.1. The first-order valence-electron chi connectivity index (χ1n) is 5.85. The van der Waals surface area contributed by atoms with Gasteiger partial charge >= 0.3 is 0 Å². The van der Waals surface area contributed by atoms with Crippen LogP contribution in [0.3, 0.4) is 0 Å². The number of rotatable bonds is 4. The molecule has 0 aromatic carbocycles. The average Bonchev–Trinajstić information content (AvgIpc) is 2.92. The Labute approximate surface area is 110 Å². The van der Waals surface area contributed by atoms with E-state index in [9.17, 15) is 4.79 Å². The molecule has 2 rings (SSSR count). The van der Waals surface area contributed by atoms with Gasteiger partial charge in [0.1, 0.15) is 5.82 Å². The van der Waals surface area contributed by atoms with Crippen LogP contribution in [0.1, 0.15) is 38.7 Å². The molecule has 2 aromatic heterocycles. The van der Waals surface area contributed by atoms with Gasteiger partial charge in [0.15, 0.2) is 5.82 Å². The zero-order valence-corrected chi connectivity index (χ0v) is 11.5. The Morgan fingerprint density at radius 3 is 2.83 bits per heavy atom. The fourth-order valence-corrected chi connectivity index (χ4v) is 2.73. The van der Waals surface area contributed by atoms with Crippen molar-refractivity contribution < 1.29 is 4.79 Å². The van der Waals surface area contributed by atoms with Crippen molar-refractivity contribution in [3.05, 3.63) is 33.0 Å². The Morgan fingerprint density at radius 2 is 2.28 bits per heavy atom. The molecule has 0 bridgehead atoms. The van der Waals surface area contributed by atoms with Crippen LogP contribution in [0, 0.1) is 13.8 Å². The first-order valence-corrected chi connectivity index (χ1v) is 6.67. The minimum absolute atomic E-state index is 0.0646. The summed E-state index contributed by atoms with van der Waals surface area (Å²) >= 11 is 1.55. The van der Waals surface area contributed by atoms with Crippen LogP contribution in [0.15, 0.2) is 6.07 Å². The van der Waals surface area contributed by atoms with Crippen molar-refractivity contribution in [1.82, 2.24) is 20.5 Å². The zero-order valence-electron chi connectivity index (χ0n) is 10.7. The van der Waals surface area contributed by atoms with Crippen LogP contribution in [0.4, 0.5) is 0 Å². The molecular weight excluding hydrogens is 248 g/mol. The number of hydrogen-bond acceptors (Lipinski definition) is 4. The van der Waals surface area contributed by atoms with Gasteiger partial charge in [-0.25, -0.2) is 4.98 Å². The summed E-state index contributed by atoms with van der Waals surface area (Å²) in [6.45, 7) is 6.30. The minimum Gasteiger partial charge on any atom is -0.344 e. The van der Waals surface area contributed by atoms with Gasteiger partial charge < -0.3 is 5.32 Å². The Kier molecular flexibility index (Phi) is 3.76. The van der Waals surface area contributed by atoms with Crippen LogP contribution in [-0.2, 0) is 13.0 Å². The number of aromatic amines is 1. The lowest BCUT2D eigenvalue weighted by Gasteiger charge is -1.99. The van der Waals surface area contributed by atoms with Crippen LogP contribution in [0.5, 0.6) is 0 Å². The van der Waals surface area contributed by atoms with E-state index in [1.807, 2.05) is 19.9 Å². The predicted octanol–water partition coefficient (Wildman–Crippen LogP) is 1.98. The standard InChI is InChI=1S/C12H16N4OS/c1-4-9-7(2)5-10(18-9)12(17)13-6-11-14-8(3)15-16-11/h5H,4,6H2,1-3H3,(H,13,17)(H,14,15,16). The molecule has 6 heteroatoms. The number of aromatic nitrogens is 3. The van der Waals surface area contributed by atoms with E-state index in [1.165, 1.54) is 10.4 Å². The van der Waals surface area contributed by atoms with E-state index in [4.69, 9.17) is 0 Å². The van der Waals surface area contributed by atoms with Gasteiger partial charge in [-0.1, -0.05) is 6.92 Å². The molecule has 18 heavy (non-hydrogen) atoms. The second kappa shape index (κ2) is 5.30. The van der Waals surface area contributed by atoms with Crippen molar-refractivity contribution in [3.8, 4) is 0 Å². The highest BCUT2D eigenvalue weighted by Gasteiger charge is 2.12. The van der Waals surface area contributed by atoms with Gasteiger partial charge in [-0.05, 0) is 31.9 Å². The molecule has 0 radical (unpaired) electrons. The first kappa shape index (κ1) is 12.8. The van der Waals surface area contributed by atoms with Crippen molar-refractivity contribution in [2.75, 3.05) is 0 Å². The molecule has 96 valence electrons. The fraction of sp³-hybridized carbons (Fsp3) is 0.417. The van der Waals surface area contributed by atoms with Crippen molar-refractivity contribution >= 4 is 17.2 Å². The number of amides is 1. The van der Waals surface area contributed by atoms with Gasteiger partial charge in [-0.2, -0.15) is 5.10 Å². The molecule has 2 aromatic rings. The van der Waals surface area contributed by atoms with Gasteiger partial charge in [0, 0.05) is 4.88 Å². The Balaban J connectivity index is 1.99. The van der Waals surface area contributed by atoms with Crippen LogP contribution >= 0.6 is 11.3 Å². The second-order valence-corrected chi connectivity index (χ2v) is 5.23. The summed E-state index contributed by atoms with van der Waals surface area (Å²) in [5.41, 5.74) is 1.18. The molecule has 0 spiro atoms. The fourth-order valence-electron chi connectivity index (χ4n) is 1.70. The lowest BCUT2D eigenvalue weighted by atomic mass is 10.2. The largest absolute Gasteiger partial charge is 0.344 e. The average molecular weight is 264 g/mol. The number of thiophene rings is 1. The third kappa shape index (κ3) is 2.76. The minimum atomic E-state index is -0.0646. The number of aryl methyl sites for hydroxylation is 3. The third-order valence-electron chi connectivity index (χ3n) is 2.62. The van der Waals surface area contributed by atoms with Gasteiger partial charge in [0.25, 0.3) is 5.91 Å². The van der Waals surface area contributed by atoms with Crippen molar-refractivity contribution in [1.29, 1.82) is 0 Å². The Hall–Kier alpha value is -1.69. The van der Waals surface area contributed by atoms with Gasteiger partial charge in [0.2, 0.25) is 0 Å². The van der Waals surface area contributed by atoms with E-state index >= 15 is 0 Å². The first-order chi connectivity index (χ1) is 8.60. The lowest BCUT2D eigenvalue weighted by molar-refractivity contribution is 0.0954. The van der Waals surface area contributed by atoms with E-state index < -0.39 is 0 Å². The highest BCUT2D eigenvalue weighted by Crippen LogP contribution is 2.22. The van der Waals surface area contributed by atoms with Crippen LogP contribution < -0.4 is 5.32 Å². The molecule has 5 nitrogen and oxygen atoms in total. The second-order valence-electron chi connectivity index (χ2n) is 4.09. The van der Waals surface area contributed by atoms with Crippen LogP contribution in [0.25, 0.3) is 0 Å². The van der Waals surface area contributed by atoms with Gasteiger partial charge in [-0.3, -0.25) is 9.89 Å². The van der Waals surface area contributed by atoms with Crippen molar-refractivity contribution in [3.63, 3.8) is 0 Å². The summed E-state index contributed by atoms with van der Waals surface area (Å²) in [4.78, 5) is 18.1. The maximum Gasteiger partial charge on any atom is 0.261 e. The molecule has 0 unspecified atom stereocenters. The monoisotopic (exact) mass is 264 g/mol. The highest BCUT2D eigenvalue weighted by atomic mass is 32.1. The Morgan fingerprint density at radius 1 is 1.50 bits per heavy atom. The summed E-state index contributed by atoms with van der Waals surface area (Å²) < 4.78 is 0. The van der Waals surface area contributed by atoms with E-state index in [-0.39, 0.29) is 5.91 Å². The summed E-state index contributed by atoms with van der Waals surface area (Å²) in [6.07, 6.45) is 0.962. The smallest absolute Gasteiger partial charge is 0.261 e. The Bertz CT molecular complexity index is 558. The van der Waals surface area contributed by atoms with Gasteiger partial charge in [0.05, 0.1) is 11.4 Å².